The van der Waals surface area contributed by atoms with Gasteiger partial charge in [0.25, 0.3) is 0 Å². The number of nitrogens with zero attached hydrogens (tertiary/aromatic N) is 2. The van der Waals surface area contributed by atoms with Crippen LogP contribution in [0.25, 0.3) is 21.8 Å². The highest BCUT2D eigenvalue weighted by Crippen LogP contribution is 2.33. The second-order valence-electron chi connectivity index (χ2n) is 5.52. The summed E-state index contributed by atoms with van der Waals surface area (Å²) in [5, 5.41) is 3.17. The fourth-order valence-electron chi connectivity index (χ4n) is 2.34. The monoisotopic (exact) mass is 294 g/mol. The van der Waals surface area contributed by atoms with E-state index in [0.717, 1.165) is 21.8 Å². The van der Waals surface area contributed by atoms with Gasteiger partial charge in [-0.05, 0) is 24.5 Å². The van der Waals surface area contributed by atoms with Crippen molar-refractivity contribution in [3.05, 3.63) is 59.2 Å². The van der Waals surface area contributed by atoms with Crippen LogP contribution in [0.15, 0.2) is 48.1 Å². The van der Waals surface area contributed by atoms with Crippen LogP contribution in [0.1, 0.15) is 30.9 Å². The molecule has 3 rings (SSSR count). The molecule has 0 unspecified atom stereocenters. The maximum Gasteiger partial charge on any atom is 0.125 e. The third-order valence-electron chi connectivity index (χ3n) is 3.56. The van der Waals surface area contributed by atoms with Gasteiger partial charge in [-0.25, -0.2) is 4.98 Å². The number of pyridine rings is 1. The summed E-state index contributed by atoms with van der Waals surface area (Å²) in [7, 11) is 0. The number of thiazole rings is 1. The van der Waals surface area contributed by atoms with Gasteiger partial charge in [-0.3, -0.25) is 4.98 Å². The van der Waals surface area contributed by atoms with Gasteiger partial charge in [0.1, 0.15) is 5.01 Å². The Hall–Kier alpha value is -2.00. The standard InChI is InChI=1S/C18H18N2S/c1-12(2)15-8-9-19-10-16(15)18-20-17(11-21-18)14-6-4-13(3)5-7-14/h4-12H,1-3H3. The van der Waals surface area contributed by atoms with Gasteiger partial charge >= 0.3 is 0 Å². The summed E-state index contributed by atoms with van der Waals surface area (Å²) in [5.41, 5.74) is 5.92. The quantitative estimate of drug-likeness (QED) is 0.654. The third-order valence-corrected chi connectivity index (χ3v) is 4.43. The number of hydrogen-bond donors (Lipinski definition) is 0. The van der Waals surface area contributed by atoms with E-state index in [9.17, 15) is 0 Å². The van der Waals surface area contributed by atoms with Gasteiger partial charge in [-0.2, -0.15) is 0 Å². The average molecular weight is 294 g/mol. The van der Waals surface area contributed by atoms with E-state index in [-0.39, 0.29) is 0 Å². The predicted molar refractivity (Wildman–Crippen MR) is 89.6 cm³/mol. The Labute approximate surface area is 129 Å². The summed E-state index contributed by atoms with van der Waals surface area (Å²) >= 11 is 1.68. The van der Waals surface area contributed by atoms with Crippen molar-refractivity contribution in [2.75, 3.05) is 0 Å². The molecule has 0 N–H and O–H groups in total. The molecule has 0 saturated heterocycles. The molecule has 0 aliphatic carbocycles. The lowest BCUT2D eigenvalue weighted by atomic mass is 10.00. The summed E-state index contributed by atoms with van der Waals surface area (Å²) in [6.07, 6.45) is 3.78. The Morgan fingerprint density at radius 3 is 2.52 bits per heavy atom. The van der Waals surface area contributed by atoms with Crippen LogP contribution in [0.4, 0.5) is 0 Å². The Morgan fingerprint density at radius 1 is 1.05 bits per heavy atom. The van der Waals surface area contributed by atoms with Crippen LogP contribution >= 0.6 is 11.3 Å². The van der Waals surface area contributed by atoms with Crippen molar-refractivity contribution >= 4 is 11.3 Å². The van der Waals surface area contributed by atoms with Gasteiger partial charge in [-0.15, -0.1) is 11.3 Å². The van der Waals surface area contributed by atoms with Crippen molar-refractivity contribution in [2.45, 2.75) is 26.7 Å². The summed E-state index contributed by atoms with van der Waals surface area (Å²) in [6.45, 7) is 6.50. The maximum absolute atomic E-state index is 4.80. The molecule has 0 atom stereocenters. The zero-order valence-electron chi connectivity index (χ0n) is 12.5. The van der Waals surface area contributed by atoms with E-state index in [0.29, 0.717) is 5.92 Å². The van der Waals surface area contributed by atoms with E-state index >= 15 is 0 Å². The lowest BCUT2D eigenvalue weighted by molar-refractivity contribution is 0.865. The molecule has 1 aromatic carbocycles. The van der Waals surface area contributed by atoms with Gasteiger partial charge in [0.2, 0.25) is 0 Å². The molecule has 2 aromatic heterocycles. The molecular formula is C18H18N2S. The Bertz CT molecular complexity index is 742. The Morgan fingerprint density at radius 2 is 1.81 bits per heavy atom. The average Bonchev–Trinajstić information content (AvgIpc) is 2.97. The van der Waals surface area contributed by atoms with Crippen molar-refractivity contribution in [1.29, 1.82) is 0 Å². The summed E-state index contributed by atoms with van der Waals surface area (Å²) in [6, 6.07) is 10.6. The largest absolute Gasteiger partial charge is 0.264 e. The molecule has 21 heavy (non-hydrogen) atoms. The second kappa shape index (κ2) is 5.78. The summed E-state index contributed by atoms with van der Waals surface area (Å²) in [5.74, 6) is 0.467. The molecule has 2 nitrogen and oxygen atoms in total. The smallest absolute Gasteiger partial charge is 0.125 e. The fraction of sp³-hybridized carbons (Fsp3) is 0.222. The lowest BCUT2D eigenvalue weighted by Gasteiger charge is -2.09. The zero-order chi connectivity index (χ0) is 14.8. The van der Waals surface area contributed by atoms with E-state index in [1.54, 1.807) is 11.3 Å². The first kappa shape index (κ1) is 14.0. The molecule has 0 bridgehead atoms. The first-order valence-electron chi connectivity index (χ1n) is 7.12. The van der Waals surface area contributed by atoms with Crippen molar-refractivity contribution in [3.8, 4) is 21.8 Å². The minimum Gasteiger partial charge on any atom is -0.264 e. The molecule has 0 radical (unpaired) electrons. The minimum absolute atomic E-state index is 0.467. The number of benzene rings is 1. The predicted octanol–water partition coefficient (Wildman–Crippen LogP) is 5.30. The molecule has 2 heterocycles. The Balaban J connectivity index is 2.01. The minimum atomic E-state index is 0.467. The topological polar surface area (TPSA) is 25.8 Å². The van der Waals surface area contributed by atoms with Crippen molar-refractivity contribution in [3.63, 3.8) is 0 Å². The third kappa shape index (κ3) is 2.88. The highest BCUT2D eigenvalue weighted by Gasteiger charge is 2.12. The van der Waals surface area contributed by atoms with Gasteiger partial charge in [0.05, 0.1) is 5.69 Å². The lowest BCUT2D eigenvalue weighted by Crippen LogP contribution is -1.93. The van der Waals surface area contributed by atoms with Crippen molar-refractivity contribution < 1.29 is 0 Å². The number of rotatable bonds is 3. The van der Waals surface area contributed by atoms with E-state index in [1.165, 1.54) is 11.1 Å². The first-order chi connectivity index (χ1) is 10.1. The van der Waals surface area contributed by atoms with Crippen LogP contribution in [0.5, 0.6) is 0 Å². The Kier molecular flexibility index (Phi) is 3.84. The van der Waals surface area contributed by atoms with Gasteiger partial charge in [0, 0.05) is 28.9 Å². The molecular weight excluding hydrogens is 276 g/mol. The highest BCUT2D eigenvalue weighted by molar-refractivity contribution is 7.13. The van der Waals surface area contributed by atoms with Crippen LogP contribution in [0, 0.1) is 6.92 Å². The summed E-state index contributed by atoms with van der Waals surface area (Å²) < 4.78 is 0. The zero-order valence-corrected chi connectivity index (χ0v) is 13.3. The molecule has 3 aromatic rings. The van der Waals surface area contributed by atoms with E-state index in [1.807, 2.05) is 12.4 Å². The van der Waals surface area contributed by atoms with Gasteiger partial charge in [-0.1, -0.05) is 43.7 Å². The molecule has 0 spiro atoms. The SMILES string of the molecule is Cc1ccc(-c2csc(-c3cnccc3C(C)C)n2)cc1. The molecule has 3 heteroatoms. The molecule has 0 amide bonds. The van der Waals surface area contributed by atoms with Crippen molar-refractivity contribution in [2.24, 2.45) is 0 Å². The number of hydrogen-bond acceptors (Lipinski definition) is 3. The normalized spacial score (nSPS) is 11.0. The first-order valence-corrected chi connectivity index (χ1v) is 8.00. The number of aromatic nitrogens is 2. The van der Waals surface area contributed by atoms with Crippen LogP contribution in [0.3, 0.4) is 0 Å². The molecule has 0 fully saturated rings. The number of aryl methyl sites for hydroxylation is 1. The van der Waals surface area contributed by atoms with E-state index in [2.05, 4.69) is 61.5 Å². The molecule has 0 aliphatic heterocycles. The summed E-state index contributed by atoms with van der Waals surface area (Å²) in [4.78, 5) is 9.07. The van der Waals surface area contributed by atoms with Crippen LogP contribution in [0.2, 0.25) is 0 Å². The van der Waals surface area contributed by atoms with Gasteiger partial charge < -0.3 is 0 Å². The maximum atomic E-state index is 4.80. The van der Waals surface area contributed by atoms with E-state index in [4.69, 9.17) is 4.98 Å². The van der Waals surface area contributed by atoms with Crippen LogP contribution in [-0.4, -0.2) is 9.97 Å². The van der Waals surface area contributed by atoms with Crippen LogP contribution in [-0.2, 0) is 0 Å². The molecule has 106 valence electrons. The van der Waals surface area contributed by atoms with Crippen LogP contribution < -0.4 is 0 Å². The molecule has 0 saturated carbocycles. The van der Waals surface area contributed by atoms with Crippen molar-refractivity contribution in [1.82, 2.24) is 9.97 Å². The molecule has 0 aliphatic rings. The van der Waals surface area contributed by atoms with E-state index < -0.39 is 0 Å². The van der Waals surface area contributed by atoms with Gasteiger partial charge in [0.15, 0.2) is 0 Å². The fourth-order valence-corrected chi connectivity index (χ4v) is 3.20. The second-order valence-corrected chi connectivity index (χ2v) is 6.38. The highest BCUT2D eigenvalue weighted by atomic mass is 32.1.